The molecule has 0 aromatic carbocycles. The highest BCUT2D eigenvalue weighted by Gasteiger charge is 2.27. The monoisotopic (exact) mass is 344 g/mol. The van der Waals surface area contributed by atoms with Crippen molar-refractivity contribution in [3.63, 3.8) is 0 Å². The van der Waals surface area contributed by atoms with Crippen LogP contribution in [0.1, 0.15) is 35.8 Å². The van der Waals surface area contributed by atoms with Crippen LogP contribution in [0.2, 0.25) is 0 Å². The highest BCUT2D eigenvalue weighted by Crippen LogP contribution is 2.20. The van der Waals surface area contributed by atoms with Crippen LogP contribution in [-0.2, 0) is 6.54 Å². The molecule has 1 aliphatic rings. The molecular weight excluding hydrogens is 320 g/mol. The fourth-order valence-corrected chi connectivity index (χ4v) is 2.96. The van der Waals surface area contributed by atoms with Gasteiger partial charge in [-0.25, -0.2) is 4.79 Å². The molecule has 1 fully saturated rings. The van der Waals surface area contributed by atoms with Crippen molar-refractivity contribution in [2.45, 2.75) is 33.4 Å². The summed E-state index contributed by atoms with van der Waals surface area (Å²) in [6.45, 7) is 9.25. The summed E-state index contributed by atoms with van der Waals surface area (Å²) in [5.74, 6) is 1.27. The van der Waals surface area contributed by atoms with Crippen molar-refractivity contribution in [3.8, 4) is 0 Å². The van der Waals surface area contributed by atoms with Gasteiger partial charge in [-0.15, -0.1) is 0 Å². The van der Waals surface area contributed by atoms with E-state index in [9.17, 15) is 4.79 Å². The van der Waals surface area contributed by atoms with Crippen molar-refractivity contribution >= 4 is 6.03 Å². The van der Waals surface area contributed by atoms with Gasteiger partial charge in [-0.1, -0.05) is 11.2 Å². The third-order valence-electron chi connectivity index (χ3n) is 4.43. The Morgan fingerprint density at radius 2 is 2.04 bits per heavy atom. The third-order valence-corrected chi connectivity index (χ3v) is 4.43. The average molecular weight is 344 g/mol. The summed E-state index contributed by atoms with van der Waals surface area (Å²) < 4.78 is 5.25. The molecule has 8 nitrogen and oxygen atoms in total. The third kappa shape index (κ3) is 4.33. The van der Waals surface area contributed by atoms with Crippen LogP contribution in [0.5, 0.6) is 0 Å². The van der Waals surface area contributed by atoms with Crippen LogP contribution in [0.4, 0.5) is 4.79 Å². The van der Waals surface area contributed by atoms with Gasteiger partial charge in [-0.05, 0) is 31.9 Å². The predicted molar refractivity (Wildman–Crippen MR) is 91.8 cm³/mol. The number of aryl methyl sites for hydroxylation is 2. The number of nitrogens with one attached hydrogen (secondary N) is 1. The second-order valence-electron chi connectivity index (χ2n) is 6.41. The van der Waals surface area contributed by atoms with E-state index < -0.39 is 0 Å². The molecule has 134 valence electrons. The average Bonchev–Trinajstić information content (AvgIpc) is 3.06. The fourth-order valence-electron chi connectivity index (χ4n) is 2.96. The van der Waals surface area contributed by atoms with Crippen LogP contribution in [0.25, 0.3) is 0 Å². The molecule has 0 aliphatic carbocycles. The summed E-state index contributed by atoms with van der Waals surface area (Å²) in [6, 6.07) is 2.05. The van der Waals surface area contributed by atoms with Gasteiger partial charge in [0.25, 0.3) is 0 Å². The first-order valence-corrected chi connectivity index (χ1v) is 8.50. The Balaban J connectivity index is 1.47. The lowest BCUT2D eigenvalue weighted by Gasteiger charge is -2.36. The topological polar surface area (TPSA) is 87.4 Å². The number of hydrogen-bond donors (Lipinski definition) is 1. The van der Waals surface area contributed by atoms with Crippen LogP contribution in [-0.4, -0.2) is 57.1 Å². The highest BCUT2D eigenvalue weighted by molar-refractivity contribution is 5.74. The number of hydrogen-bond acceptors (Lipinski definition) is 6. The largest absolute Gasteiger partial charge is 0.338 e. The molecule has 2 aromatic heterocycles. The molecule has 3 heterocycles. The number of aromatic nitrogens is 3. The second-order valence-corrected chi connectivity index (χ2v) is 6.41. The summed E-state index contributed by atoms with van der Waals surface area (Å²) in [5.41, 5.74) is 2.10. The van der Waals surface area contributed by atoms with E-state index in [0.717, 1.165) is 24.2 Å². The minimum Gasteiger partial charge on any atom is -0.338 e. The summed E-state index contributed by atoms with van der Waals surface area (Å²) in [5, 5.41) is 6.81. The summed E-state index contributed by atoms with van der Waals surface area (Å²) in [4.78, 5) is 24.9. The molecule has 1 unspecified atom stereocenters. The normalized spacial score (nSPS) is 16.7. The van der Waals surface area contributed by atoms with Gasteiger partial charge in [0.1, 0.15) is 0 Å². The molecule has 8 heteroatoms. The lowest BCUT2D eigenvalue weighted by atomic mass is 10.2. The summed E-state index contributed by atoms with van der Waals surface area (Å²) in [6.07, 6.45) is 3.58. The van der Waals surface area contributed by atoms with Gasteiger partial charge in [-0.2, -0.15) is 4.98 Å². The zero-order chi connectivity index (χ0) is 17.8. The molecule has 0 bridgehead atoms. The molecule has 25 heavy (non-hydrogen) atoms. The minimum absolute atomic E-state index is 0.0394. The number of carbonyl (C=O) groups is 1. The molecule has 1 N–H and O–H groups in total. The highest BCUT2D eigenvalue weighted by atomic mass is 16.5. The fraction of sp³-hybridized carbons (Fsp3) is 0.529. The quantitative estimate of drug-likeness (QED) is 0.908. The lowest BCUT2D eigenvalue weighted by molar-refractivity contribution is 0.0999. The van der Waals surface area contributed by atoms with Crippen molar-refractivity contribution in [1.29, 1.82) is 0 Å². The van der Waals surface area contributed by atoms with Crippen LogP contribution < -0.4 is 5.32 Å². The van der Waals surface area contributed by atoms with E-state index in [2.05, 4.69) is 25.3 Å². The number of amides is 2. The molecule has 0 spiro atoms. The first kappa shape index (κ1) is 17.3. The van der Waals surface area contributed by atoms with Crippen molar-refractivity contribution in [2.75, 3.05) is 26.2 Å². The van der Waals surface area contributed by atoms with Gasteiger partial charge in [0, 0.05) is 45.1 Å². The molecular formula is C17H24N6O2. The zero-order valence-electron chi connectivity index (χ0n) is 14.9. The van der Waals surface area contributed by atoms with Crippen molar-refractivity contribution in [3.05, 3.63) is 41.3 Å². The first-order valence-electron chi connectivity index (χ1n) is 8.50. The van der Waals surface area contributed by atoms with Gasteiger partial charge in [0.15, 0.2) is 5.82 Å². The lowest BCUT2D eigenvalue weighted by Crippen LogP contribution is -2.52. The number of nitrogens with zero attached hydrogens (tertiary/aromatic N) is 5. The molecule has 2 aromatic rings. The Kier molecular flexibility index (Phi) is 5.28. The van der Waals surface area contributed by atoms with E-state index >= 15 is 0 Å². The van der Waals surface area contributed by atoms with Gasteiger partial charge in [-0.3, -0.25) is 9.88 Å². The summed E-state index contributed by atoms with van der Waals surface area (Å²) >= 11 is 0. The Labute approximate surface area is 147 Å². The zero-order valence-corrected chi connectivity index (χ0v) is 14.9. The second kappa shape index (κ2) is 7.60. The van der Waals surface area contributed by atoms with Gasteiger partial charge in [0.05, 0.1) is 6.04 Å². The predicted octanol–water partition coefficient (Wildman–Crippen LogP) is 1.67. The van der Waals surface area contributed by atoms with E-state index in [1.165, 1.54) is 0 Å². The Hall–Kier alpha value is -2.48. The molecule has 1 aliphatic heterocycles. The van der Waals surface area contributed by atoms with E-state index in [0.29, 0.717) is 31.3 Å². The Morgan fingerprint density at radius 3 is 2.68 bits per heavy atom. The van der Waals surface area contributed by atoms with Crippen LogP contribution in [0.15, 0.2) is 23.0 Å². The smallest absolute Gasteiger partial charge is 0.317 e. The van der Waals surface area contributed by atoms with Crippen LogP contribution in [0, 0.1) is 13.8 Å². The number of pyridine rings is 1. The van der Waals surface area contributed by atoms with Crippen LogP contribution in [0.3, 0.4) is 0 Å². The molecule has 3 rings (SSSR count). The van der Waals surface area contributed by atoms with Gasteiger partial charge >= 0.3 is 6.03 Å². The molecule has 1 atom stereocenters. The maximum atomic E-state index is 12.3. The number of carbonyl (C=O) groups excluding carboxylic acids is 1. The standard InChI is InChI=1S/C17H24N6O2/c1-12-8-15(10-18-9-12)11-19-17(24)23-6-4-22(5-7-23)13(2)16-20-14(3)21-25-16/h8-10,13H,4-7,11H2,1-3H3,(H,19,24). The maximum absolute atomic E-state index is 12.3. The molecule has 1 saturated heterocycles. The van der Waals surface area contributed by atoms with E-state index in [4.69, 9.17) is 4.52 Å². The Bertz CT molecular complexity index is 723. The van der Waals surface area contributed by atoms with Gasteiger partial charge < -0.3 is 14.7 Å². The number of rotatable bonds is 4. The molecule has 0 saturated carbocycles. The van der Waals surface area contributed by atoms with Crippen molar-refractivity contribution in [1.82, 2.24) is 30.2 Å². The minimum atomic E-state index is -0.0394. The van der Waals surface area contributed by atoms with E-state index in [1.54, 1.807) is 12.4 Å². The molecule has 0 radical (unpaired) electrons. The van der Waals surface area contributed by atoms with Crippen LogP contribution >= 0.6 is 0 Å². The van der Waals surface area contributed by atoms with Crippen molar-refractivity contribution in [2.24, 2.45) is 0 Å². The molecule has 2 amide bonds. The first-order chi connectivity index (χ1) is 12.0. The number of piperazine rings is 1. The summed E-state index contributed by atoms with van der Waals surface area (Å²) in [7, 11) is 0. The number of urea groups is 1. The van der Waals surface area contributed by atoms with Gasteiger partial charge in [0.2, 0.25) is 5.89 Å². The van der Waals surface area contributed by atoms with E-state index in [-0.39, 0.29) is 12.1 Å². The Morgan fingerprint density at radius 1 is 1.28 bits per heavy atom. The SMILES string of the molecule is Cc1cncc(CNC(=O)N2CCN(C(C)c3nc(C)no3)CC2)c1. The van der Waals surface area contributed by atoms with Crippen molar-refractivity contribution < 1.29 is 9.32 Å². The maximum Gasteiger partial charge on any atom is 0.317 e. The van der Waals surface area contributed by atoms with E-state index in [1.807, 2.05) is 31.7 Å².